The van der Waals surface area contributed by atoms with Crippen LogP contribution in [0.25, 0.3) is 6.08 Å². The largest absolute Gasteiger partial charge is 0.465 e. The van der Waals surface area contributed by atoms with Crippen LogP contribution in [0.3, 0.4) is 0 Å². The number of hydrogen-bond donors (Lipinski definition) is 1. The molecule has 1 aliphatic heterocycles. The van der Waals surface area contributed by atoms with E-state index in [1.165, 1.54) is 0 Å². The fraction of sp³-hybridized carbons (Fsp3) is 0.333. The van der Waals surface area contributed by atoms with Gasteiger partial charge in [-0.15, -0.1) is 0 Å². The number of nitrogens with zero attached hydrogens (tertiary/aromatic N) is 4. The second-order valence-electron chi connectivity index (χ2n) is 7.99. The van der Waals surface area contributed by atoms with Crippen molar-refractivity contribution in [3.63, 3.8) is 0 Å². The van der Waals surface area contributed by atoms with Crippen LogP contribution >= 0.6 is 0 Å². The molecule has 1 aliphatic rings. The van der Waals surface area contributed by atoms with Gasteiger partial charge in [-0.3, -0.25) is 9.78 Å². The van der Waals surface area contributed by atoms with Gasteiger partial charge in [-0.2, -0.15) is 0 Å². The Morgan fingerprint density at radius 1 is 1.13 bits per heavy atom. The van der Waals surface area contributed by atoms with Gasteiger partial charge in [-0.25, -0.2) is 9.97 Å². The van der Waals surface area contributed by atoms with Crippen LogP contribution in [0.4, 0.5) is 11.6 Å². The Kier molecular flexibility index (Phi) is 6.11. The third-order valence-corrected chi connectivity index (χ3v) is 5.30. The topological polar surface area (TPSA) is 84.2 Å². The van der Waals surface area contributed by atoms with Crippen molar-refractivity contribution in [2.45, 2.75) is 39.5 Å². The molecule has 7 heteroatoms. The third-order valence-electron chi connectivity index (χ3n) is 5.30. The Hall–Kier alpha value is -3.48. The summed E-state index contributed by atoms with van der Waals surface area (Å²) in [5.74, 6) is 1.44. The summed E-state index contributed by atoms with van der Waals surface area (Å²) >= 11 is 0. The van der Waals surface area contributed by atoms with Crippen LogP contribution in [0, 0.1) is 20.8 Å². The normalized spacial score (nSPS) is 16.6. The monoisotopic (exact) mass is 417 g/mol. The van der Waals surface area contributed by atoms with Crippen LogP contribution in [-0.4, -0.2) is 38.8 Å². The Bertz CT molecular complexity index is 1070. The van der Waals surface area contributed by atoms with E-state index in [4.69, 9.17) is 9.40 Å². The molecule has 0 unspecified atom stereocenters. The zero-order valence-corrected chi connectivity index (χ0v) is 18.1. The number of hydrogen-bond acceptors (Lipinski definition) is 6. The zero-order valence-electron chi connectivity index (χ0n) is 18.1. The molecule has 31 heavy (non-hydrogen) atoms. The van der Waals surface area contributed by atoms with E-state index in [1.807, 2.05) is 49.9 Å². The molecular formula is C24H27N5O2. The first kappa shape index (κ1) is 20.8. The summed E-state index contributed by atoms with van der Waals surface area (Å²) < 4.78 is 5.27. The maximum Gasteiger partial charge on any atom is 0.246 e. The van der Waals surface area contributed by atoms with Gasteiger partial charge in [-0.1, -0.05) is 0 Å². The van der Waals surface area contributed by atoms with Crippen molar-refractivity contribution in [3.8, 4) is 0 Å². The van der Waals surface area contributed by atoms with Gasteiger partial charge < -0.3 is 14.6 Å². The van der Waals surface area contributed by atoms with E-state index in [9.17, 15) is 4.79 Å². The molecule has 0 aliphatic carbocycles. The van der Waals surface area contributed by atoms with Gasteiger partial charge in [0.1, 0.15) is 5.76 Å². The minimum Gasteiger partial charge on any atom is -0.465 e. The summed E-state index contributed by atoms with van der Waals surface area (Å²) in [7, 11) is 0. The molecule has 160 valence electrons. The molecule has 1 atom stereocenters. The number of likely N-dealkylation sites (tertiary alicyclic amines) is 1. The quantitative estimate of drug-likeness (QED) is 0.613. The maximum absolute atomic E-state index is 12.7. The van der Waals surface area contributed by atoms with Crippen molar-refractivity contribution in [2.75, 3.05) is 18.4 Å². The predicted molar refractivity (Wildman–Crippen MR) is 120 cm³/mol. The fourth-order valence-corrected chi connectivity index (χ4v) is 3.95. The van der Waals surface area contributed by atoms with Gasteiger partial charge in [0, 0.05) is 53.5 Å². The van der Waals surface area contributed by atoms with E-state index in [-0.39, 0.29) is 11.8 Å². The Balaban J connectivity index is 1.48. The molecule has 1 N–H and O–H groups in total. The lowest BCUT2D eigenvalue weighted by atomic mass is 9.93. The first-order chi connectivity index (χ1) is 15.0. The summed E-state index contributed by atoms with van der Waals surface area (Å²) in [6, 6.07) is 9.61. The number of carbonyl (C=O) groups excluding carboxylic acids is 1. The minimum atomic E-state index is -0.00395. The first-order valence-corrected chi connectivity index (χ1v) is 10.5. The molecule has 7 nitrogen and oxygen atoms in total. The molecule has 0 spiro atoms. The number of nitrogens with one attached hydrogen (secondary N) is 1. The Morgan fingerprint density at radius 3 is 2.65 bits per heavy atom. The van der Waals surface area contributed by atoms with E-state index in [2.05, 4.69) is 15.3 Å². The maximum atomic E-state index is 12.7. The number of rotatable bonds is 5. The summed E-state index contributed by atoms with van der Waals surface area (Å²) in [5, 5.41) is 3.31. The average molecular weight is 418 g/mol. The highest BCUT2D eigenvalue weighted by atomic mass is 16.3. The standard InChI is InChI=1S/C24H27N5O2/c1-16-12-17(2)27-24(26-16)28-20-13-18(3)25-22(14-20)19-6-4-10-29(15-19)23(30)9-8-21-7-5-11-31-21/h5,7-9,11-14,19H,4,6,10,15H2,1-3H3,(H,25,26,27,28)/b9-8+/t19-/m0/s1. The number of carbonyl (C=O) groups is 1. The van der Waals surface area contributed by atoms with Crippen molar-refractivity contribution < 1.29 is 9.21 Å². The third kappa shape index (κ3) is 5.36. The highest BCUT2D eigenvalue weighted by molar-refractivity contribution is 5.91. The van der Waals surface area contributed by atoms with Crippen LogP contribution in [0.1, 0.15) is 47.3 Å². The van der Waals surface area contributed by atoms with Gasteiger partial charge >= 0.3 is 0 Å². The second kappa shape index (κ2) is 9.12. The van der Waals surface area contributed by atoms with Gasteiger partial charge in [0.15, 0.2) is 0 Å². The number of furan rings is 1. The molecule has 0 saturated carbocycles. The number of aromatic nitrogens is 3. The smallest absolute Gasteiger partial charge is 0.246 e. The van der Waals surface area contributed by atoms with Crippen LogP contribution in [0.5, 0.6) is 0 Å². The summed E-state index contributed by atoms with van der Waals surface area (Å²) in [4.78, 5) is 28.2. The highest BCUT2D eigenvalue weighted by Crippen LogP contribution is 2.28. The molecular weight excluding hydrogens is 390 g/mol. The number of pyridine rings is 1. The molecule has 1 fully saturated rings. The molecule has 4 heterocycles. The second-order valence-corrected chi connectivity index (χ2v) is 7.99. The van der Waals surface area contributed by atoms with E-state index in [1.54, 1.807) is 24.5 Å². The van der Waals surface area contributed by atoms with Crippen molar-refractivity contribution in [1.82, 2.24) is 19.9 Å². The van der Waals surface area contributed by atoms with Crippen molar-refractivity contribution in [1.29, 1.82) is 0 Å². The first-order valence-electron chi connectivity index (χ1n) is 10.5. The Morgan fingerprint density at radius 2 is 1.90 bits per heavy atom. The average Bonchev–Trinajstić information content (AvgIpc) is 3.24. The lowest BCUT2D eigenvalue weighted by Crippen LogP contribution is -2.38. The van der Waals surface area contributed by atoms with Gasteiger partial charge in [0.2, 0.25) is 11.9 Å². The molecule has 3 aromatic heterocycles. The number of aryl methyl sites for hydroxylation is 3. The number of anilines is 2. The summed E-state index contributed by atoms with van der Waals surface area (Å²) in [6.45, 7) is 7.30. The molecule has 1 amide bonds. The number of amides is 1. The molecule has 1 saturated heterocycles. The SMILES string of the molecule is Cc1cc(Nc2nc(C)cc(C)n2)cc([C@H]2CCCN(C(=O)/C=C/c3ccco3)C2)n1. The van der Waals surface area contributed by atoms with Gasteiger partial charge in [0.05, 0.1) is 6.26 Å². The van der Waals surface area contributed by atoms with Gasteiger partial charge in [-0.05, 0) is 70.0 Å². The zero-order chi connectivity index (χ0) is 21.8. The van der Waals surface area contributed by atoms with Crippen molar-refractivity contribution in [3.05, 3.63) is 71.2 Å². The molecule has 0 radical (unpaired) electrons. The van der Waals surface area contributed by atoms with E-state index >= 15 is 0 Å². The highest BCUT2D eigenvalue weighted by Gasteiger charge is 2.25. The van der Waals surface area contributed by atoms with Crippen LogP contribution in [0.15, 0.2) is 47.1 Å². The summed E-state index contributed by atoms with van der Waals surface area (Å²) in [6.07, 6.45) is 6.84. The van der Waals surface area contributed by atoms with E-state index in [0.717, 1.165) is 47.8 Å². The Labute approximate surface area is 182 Å². The molecule has 3 aromatic rings. The van der Waals surface area contributed by atoms with E-state index < -0.39 is 0 Å². The minimum absolute atomic E-state index is 0.00395. The number of piperidine rings is 1. The predicted octanol–water partition coefficient (Wildman–Crippen LogP) is 4.55. The van der Waals surface area contributed by atoms with Crippen LogP contribution < -0.4 is 5.32 Å². The molecule has 4 rings (SSSR count). The lowest BCUT2D eigenvalue weighted by molar-refractivity contribution is -0.127. The van der Waals surface area contributed by atoms with Gasteiger partial charge in [0.25, 0.3) is 0 Å². The summed E-state index contributed by atoms with van der Waals surface area (Å²) in [5.41, 5.74) is 4.66. The van der Waals surface area contributed by atoms with Crippen LogP contribution in [0.2, 0.25) is 0 Å². The van der Waals surface area contributed by atoms with E-state index in [0.29, 0.717) is 18.3 Å². The van der Waals surface area contributed by atoms with Crippen molar-refractivity contribution >= 4 is 23.6 Å². The molecule has 0 bridgehead atoms. The van der Waals surface area contributed by atoms with Crippen LogP contribution in [-0.2, 0) is 4.79 Å². The lowest BCUT2D eigenvalue weighted by Gasteiger charge is -2.32. The molecule has 0 aromatic carbocycles. The fourth-order valence-electron chi connectivity index (χ4n) is 3.95. The van der Waals surface area contributed by atoms with Crippen molar-refractivity contribution in [2.24, 2.45) is 0 Å².